The number of hydrogen-bond donors (Lipinski definition) is 2. The summed E-state index contributed by atoms with van der Waals surface area (Å²) >= 11 is 0. The van der Waals surface area contributed by atoms with Crippen LogP contribution in [0, 0.1) is 11.3 Å². The molecular formula is C12H15N3O2. The molecule has 0 unspecified atom stereocenters. The molecule has 0 aliphatic rings. The first-order valence-corrected chi connectivity index (χ1v) is 5.36. The Balaban J connectivity index is 2.53. The van der Waals surface area contributed by atoms with Crippen molar-refractivity contribution in [3.05, 3.63) is 24.3 Å². The fraction of sp³-hybridized carbons (Fsp3) is 0.333. The van der Waals surface area contributed by atoms with Crippen LogP contribution in [-0.4, -0.2) is 19.1 Å². The fourth-order valence-corrected chi connectivity index (χ4v) is 1.27. The van der Waals surface area contributed by atoms with Crippen molar-refractivity contribution in [3.8, 4) is 11.8 Å². The summed E-state index contributed by atoms with van der Waals surface area (Å²) in [7, 11) is 0. The van der Waals surface area contributed by atoms with Crippen molar-refractivity contribution in [1.29, 1.82) is 5.26 Å². The van der Waals surface area contributed by atoms with Crippen LogP contribution in [0.25, 0.3) is 0 Å². The van der Waals surface area contributed by atoms with Crippen LogP contribution in [0.1, 0.15) is 12.8 Å². The summed E-state index contributed by atoms with van der Waals surface area (Å²) in [6, 6.07) is 8.81. The molecule has 0 saturated carbocycles. The molecular weight excluding hydrogens is 218 g/mol. The average Bonchev–Trinajstić information content (AvgIpc) is 2.34. The van der Waals surface area contributed by atoms with Gasteiger partial charge in [-0.3, -0.25) is 4.79 Å². The third kappa shape index (κ3) is 5.00. The zero-order valence-corrected chi connectivity index (χ0v) is 9.48. The van der Waals surface area contributed by atoms with E-state index in [0.717, 1.165) is 0 Å². The van der Waals surface area contributed by atoms with Crippen molar-refractivity contribution in [3.63, 3.8) is 0 Å². The maximum Gasteiger partial charge on any atom is 0.224 e. The molecule has 1 rings (SSSR count). The minimum absolute atomic E-state index is 0.00935. The van der Waals surface area contributed by atoms with Gasteiger partial charge in [-0.15, -0.1) is 0 Å². The van der Waals surface area contributed by atoms with Crippen LogP contribution < -0.4 is 15.8 Å². The third-order valence-corrected chi connectivity index (χ3v) is 2.03. The predicted molar refractivity (Wildman–Crippen MR) is 64.5 cm³/mol. The lowest BCUT2D eigenvalue weighted by molar-refractivity contribution is -0.116. The van der Waals surface area contributed by atoms with Crippen LogP contribution in [0.5, 0.6) is 5.75 Å². The average molecular weight is 233 g/mol. The second-order valence-electron chi connectivity index (χ2n) is 3.42. The fourth-order valence-electron chi connectivity index (χ4n) is 1.27. The first-order valence-electron chi connectivity index (χ1n) is 5.36. The molecule has 0 aliphatic heterocycles. The molecule has 1 aromatic rings. The van der Waals surface area contributed by atoms with Crippen LogP contribution in [0.3, 0.4) is 0 Å². The molecule has 0 saturated heterocycles. The molecule has 0 bridgehead atoms. The van der Waals surface area contributed by atoms with Gasteiger partial charge in [0.05, 0.1) is 0 Å². The molecule has 17 heavy (non-hydrogen) atoms. The molecule has 1 amide bonds. The number of nitrogens with two attached hydrogens (primary N) is 1. The van der Waals surface area contributed by atoms with E-state index in [1.54, 1.807) is 24.3 Å². The smallest absolute Gasteiger partial charge is 0.224 e. The Morgan fingerprint density at radius 3 is 3.06 bits per heavy atom. The van der Waals surface area contributed by atoms with Crippen molar-refractivity contribution in [1.82, 2.24) is 0 Å². The van der Waals surface area contributed by atoms with Gasteiger partial charge < -0.3 is 15.8 Å². The number of nitriles is 1. The summed E-state index contributed by atoms with van der Waals surface area (Å²) in [6.07, 6.45) is 1.07. The number of nitrogens with zero attached hydrogens (tertiary/aromatic N) is 1. The number of ether oxygens (including phenoxy) is 1. The van der Waals surface area contributed by atoms with Crippen molar-refractivity contribution in [2.45, 2.75) is 12.8 Å². The predicted octanol–water partition coefficient (Wildman–Crippen LogP) is 1.27. The van der Waals surface area contributed by atoms with Crippen molar-refractivity contribution < 1.29 is 9.53 Å². The lowest BCUT2D eigenvalue weighted by Crippen LogP contribution is -2.13. The molecule has 0 atom stereocenters. The van der Waals surface area contributed by atoms with Crippen LogP contribution in [-0.2, 0) is 4.79 Å². The minimum Gasteiger partial charge on any atom is -0.479 e. The molecule has 3 N–H and O–H groups in total. The van der Waals surface area contributed by atoms with Crippen LogP contribution in [0.15, 0.2) is 24.3 Å². The van der Waals surface area contributed by atoms with Gasteiger partial charge in [-0.25, -0.2) is 0 Å². The summed E-state index contributed by atoms with van der Waals surface area (Å²) in [5, 5.41) is 11.1. The summed E-state index contributed by atoms with van der Waals surface area (Å²) in [5.41, 5.74) is 5.97. The third-order valence-electron chi connectivity index (χ3n) is 2.03. The van der Waals surface area contributed by atoms with Gasteiger partial charge in [0.2, 0.25) is 5.91 Å². The van der Waals surface area contributed by atoms with E-state index in [1.807, 2.05) is 6.07 Å². The van der Waals surface area contributed by atoms with Crippen LogP contribution in [0.4, 0.5) is 5.69 Å². The first-order chi connectivity index (χ1) is 8.26. The lowest BCUT2D eigenvalue weighted by atomic mass is 10.2. The van der Waals surface area contributed by atoms with Crippen molar-refractivity contribution in [2.75, 3.05) is 18.5 Å². The SMILES string of the molecule is N#CCOc1cccc(NC(=O)CCCN)c1. The van der Waals surface area contributed by atoms with Gasteiger partial charge in [-0.2, -0.15) is 5.26 Å². The molecule has 0 spiro atoms. The number of hydrogen-bond acceptors (Lipinski definition) is 4. The zero-order chi connectivity index (χ0) is 12.5. The van der Waals surface area contributed by atoms with Crippen molar-refractivity contribution in [2.24, 2.45) is 5.73 Å². The normalized spacial score (nSPS) is 9.41. The second-order valence-corrected chi connectivity index (χ2v) is 3.42. The van der Waals surface area contributed by atoms with E-state index in [-0.39, 0.29) is 12.5 Å². The molecule has 0 fully saturated rings. The number of benzene rings is 1. The summed E-state index contributed by atoms with van der Waals surface area (Å²) in [5.74, 6) is 0.482. The number of amides is 1. The second kappa shape index (κ2) is 7.25. The highest BCUT2D eigenvalue weighted by Gasteiger charge is 2.02. The summed E-state index contributed by atoms with van der Waals surface area (Å²) < 4.78 is 5.13. The number of rotatable bonds is 6. The molecule has 5 nitrogen and oxygen atoms in total. The van der Waals surface area contributed by atoms with E-state index < -0.39 is 0 Å². The number of carbonyl (C=O) groups excluding carboxylic acids is 1. The lowest BCUT2D eigenvalue weighted by Gasteiger charge is -2.07. The van der Waals surface area contributed by atoms with Gasteiger partial charge in [0.25, 0.3) is 0 Å². The van der Waals surface area contributed by atoms with E-state index in [4.69, 9.17) is 15.7 Å². The van der Waals surface area contributed by atoms with Crippen molar-refractivity contribution >= 4 is 11.6 Å². The molecule has 1 aromatic carbocycles. The first kappa shape index (κ1) is 13.0. The molecule has 0 heterocycles. The van der Waals surface area contributed by atoms with Gasteiger partial charge in [-0.1, -0.05) is 6.07 Å². The maximum absolute atomic E-state index is 11.4. The highest BCUT2D eigenvalue weighted by Crippen LogP contribution is 2.17. The molecule has 0 aromatic heterocycles. The molecule has 0 radical (unpaired) electrons. The Hall–Kier alpha value is -2.06. The van der Waals surface area contributed by atoms with E-state index >= 15 is 0 Å². The standard InChI is InChI=1S/C12H15N3O2/c13-6-2-5-12(16)15-10-3-1-4-11(9-10)17-8-7-14/h1,3-4,9H,2,5-6,8,13H2,(H,15,16). The zero-order valence-electron chi connectivity index (χ0n) is 9.48. The van der Waals surface area contributed by atoms with Crippen LogP contribution >= 0.6 is 0 Å². The maximum atomic E-state index is 11.4. The highest BCUT2D eigenvalue weighted by atomic mass is 16.5. The van der Waals surface area contributed by atoms with E-state index in [9.17, 15) is 4.79 Å². The van der Waals surface area contributed by atoms with Gasteiger partial charge >= 0.3 is 0 Å². The Morgan fingerprint density at radius 2 is 2.35 bits per heavy atom. The van der Waals surface area contributed by atoms with Gasteiger partial charge in [0.1, 0.15) is 11.8 Å². The van der Waals surface area contributed by atoms with Gasteiger partial charge in [-0.05, 0) is 25.1 Å². The molecule has 90 valence electrons. The van der Waals surface area contributed by atoms with E-state index in [1.165, 1.54) is 0 Å². The number of anilines is 1. The quantitative estimate of drug-likeness (QED) is 0.774. The van der Waals surface area contributed by atoms with E-state index in [0.29, 0.717) is 30.8 Å². The monoisotopic (exact) mass is 233 g/mol. The Kier molecular flexibility index (Phi) is 5.55. The number of nitrogens with one attached hydrogen (secondary N) is 1. The van der Waals surface area contributed by atoms with Gasteiger partial charge in [0.15, 0.2) is 6.61 Å². The molecule has 5 heteroatoms. The largest absolute Gasteiger partial charge is 0.479 e. The van der Waals surface area contributed by atoms with E-state index in [2.05, 4.69) is 5.32 Å². The Bertz CT molecular complexity index is 412. The Morgan fingerprint density at radius 1 is 1.53 bits per heavy atom. The van der Waals surface area contributed by atoms with Crippen LogP contribution in [0.2, 0.25) is 0 Å². The highest BCUT2D eigenvalue weighted by molar-refractivity contribution is 5.90. The minimum atomic E-state index is -0.0760. The number of carbonyl (C=O) groups is 1. The topological polar surface area (TPSA) is 88.1 Å². The Labute approximate surface area is 100 Å². The summed E-state index contributed by atoms with van der Waals surface area (Å²) in [4.78, 5) is 11.4. The summed E-state index contributed by atoms with van der Waals surface area (Å²) in [6.45, 7) is 0.489. The molecule has 0 aliphatic carbocycles. The van der Waals surface area contributed by atoms with Gasteiger partial charge in [0, 0.05) is 18.2 Å².